The summed E-state index contributed by atoms with van der Waals surface area (Å²) in [4.78, 5) is 11.3. The van der Waals surface area contributed by atoms with Crippen LogP contribution in [0.1, 0.15) is 25.7 Å². The van der Waals surface area contributed by atoms with E-state index < -0.39 is 17.9 Å². The first-order valence-electron chi connectivity index (χ1n) is 4.71. The predicted molar refractivity (Wildman–Crippen MR) is 41.7 cm³/mol. The third-order valence-corrected chi connectivity index (χ3v) is 2.91. The first kappa shape index (κ1) is 9.96. The van der Waals surface area contributed by atoms with Crippen molar-refractivity contribution in [3.05, 3.63) is 0 Å². The Morgan fingerprint density at radius 3 is 2.50 bits per heavy atom. The molecule has 0 spiro atoms. The van der Waals surface area contributed by atoms with Crippen molar-refractivity contribution in [2.24, 2.45) is 5.92 Å². The molecular weight excluding hydrogens is 197 g/mol. The van der Waals surface area contributed by atoms with Crippen molar-refractivity contribution in [1.29, 1.82) is 0 Å². The van der Waals surface area contributed by atoms with Crippen molar-refractivity contribution >= 4 is 5.78 Å². The second kappa shape index (κ2) is 3.22. The van der Waals surface area contributed by atoms with E-state index in [1.54, 1.807) is 0 Å². The van der Waals surface area contributed by atoms with Gasteiger partial charge in [0.25, 0.3) is 0 Å². The highest BCUT2D eigenvalue weighted by Crippen LogP contribution is 2.39. The minimum Gasteiger partial charge on any atom is -0.375 e. The first-order valence-corrected chi connectivity index (χ1v) is 4.71. The Morgan fingerprint density at radius 1 is 1.21 bits per heavy atom. The van der Waals surface area contributed by atoms with Crippen molar-refractivity contribution in [3.63, 3.8) is 0 Å². The highest BCUT2D eigenvalue weighted by atomic mass is 19.4. The third kappa shape index (κ3) is 1.78. The van der Waals surface area contributed by atoms with E-state index in [2.05, 4.69) is 0 Å². The molecule has 2 aliphatic rings. The van der Waals surface area contributed by atoms with E-state index in [9.17, 15) is 18.0 Å². The molecule has 3 atom stereocenters. The van der Waals surface area contributed by atoms with Gasteiger partial charge in [-0.05, 0) is 19.3 Å². The molecule has 2 saturated heterocycles. The SMILES string of the molecule is O=C1CC2CCC(CC1C(F)(F)F)O2. The van der Waals surface area contributed by atoms with Crippen LogP contribution >= 0.6 is 0 Å². The number of fused-ring (bicyclic) bond motifs is 2. The van der Waals surface area contributed by atoms with Gasteiger partial charge in [-0.2, -0.15) is 13.2 Å². The van der Waals surface area contributed by atoms with Crippen LogP contribution in [0.4, 0.5) is 13.2 Å². The Bertz CT molecular complexity index is 249. The van der Waals surface area contributed by atoms with Crippen molar-refractivity contribution < 1.29 is 22.7 Å². The van der Waals surface area contributed by atoms with Gasteiger partial charge in [0.05, 0.1) is 12.2 Å². The van der Waals surface area contributed by atoms with Gasteiger partial charge in [-0.3, -0.25) is 4.79 Å². The monoisotopic (exact) mass is 208 g/mol. The average molecular weight is 208 g/mol. The minimum absolute atomic E-state index is 0.0688. The molecule has 2 rings (SSSR count). The number of hydrogen-bond donors (Lipinski definition) is 0. The molecule has 2 fully saturated rings. The predicted octanol–water partition coefficient (Wildman–Crippen LogP) is 2.08. The van der Waals surface area contributed by atoms with E-state index in [4.69, 9.17) is 4.74 Å². The van der Waals surface area contributed by atoms with Gasteiger partial charge in [0.2, 0.25) is 0 Å². The fourth-order valence-corrected chi connectivity index (χ4v) is 2.18. The Hall–Kier alpha value is -0.580. The Kier molecular flexibility index (Phi) is 2.29. The number of Topliss-reactive ketones (excluding diaryl/α,β-unsaturated/α-hetero) is 1. The fraction of sp³-hybridized carbons (Fsp3) is 0.889. The van der Waals surface area contributed by atoms with E-state index in [1.807, 2.05) is 0 Å². The molecule has 0 aliphatic carbocycles. The topological polar surface area (TPSA) is 26.3 Å². The number of hydrogen-bond acceptors (Lipinski definition) is 2. The lowest BCUT2D eigenvalue weighted by Gasteiger charge is -2.19. The normalized spacial score (nSPS) is 38.5. The van der Waals surface area contributed by atoms with Crippen LogP contribution in [0.5, 0.6) is 0 Å². The Morgan fingerprint density at radius 2 is 1.86 bits per heavy atom. The molecular formula is C9H11F3O2. The van der Waals surface area contributed by atoms with Gasteiger partial charge in [0.1, 0.15) is 11.7 Å². The lowest BCUT2D eigenvalue weighted by atomic mass is 9.89. The van der Waals surface area contributed by atoms with E-state index in [0.717, 1.165) is 6.42 Å². The molecule has 0 saturated carbocycles. The van der Waals surface area contributed by atoms with E-state index in [-0.39, 0.29) is 25.0 Å². The van der Waals surface area contributed by atoms with Crippen molar-refractivity contribution in [1.82, 2.24) is 0 Å². The largest absolute Gasteiger partial charge is 0.398 e. The van der Waals surface area contributed by atoms with Crippen LogP contribution in [-0.2, 0) is 9.53 Å². The lowest BCUT2D eigenvalue weighted by Crippen LogP contribution is -2.33. The van der Waals surface area contributed by atoms with Crippen LogP contribution in [0.3, 0.4) is 0 Å². The zero-order valence-corrected chi connectivity index (χ0v) is 7.51. The fourth-order valence-electron chi connectivity index (χ4n) is 2.18. The molecule has 2 bridgehead atoms. The van der Waals surface area contributed by atoms with Crippen molar-refractivity contribution in [2.45, 2.75) is 44.1 Å². The maximum Gasteiger partial charge on any atom is 0.398 e. The number of carbonyl (C=O) groups is 1. The Labute approximate surface area is 79.4 Å². The lowest BCUT2D eigenvalue weighted by molar-refractivity contribution is -0.184. The average Bonchev–Trinajstić information content (AvgIpc) is 2.36. The molecule has 3 unspecified atom stereocenters. The molecule has 5 heteroatoms. The zero-order valence-electron chi connectivity index (χ0n) is 7.51. The van der Waals surface area contributed by atoms with Crippen molar-refractivity contribution in [2.75, 3.05) is 0 Å². The van der Waals surface area contributed by atoms with Crippen LogP contribution in [0.2, 0.25) is 0 Å². The number of rotatable bonds is 0. The number of alkyl halides is 3. The van der Waals surface area contributed by atoms with Gasteiger partial charge >= 0.3 is 6.18 Å². The van der Waals surface area contributed by atoms with Crippen LogP contribution in [0.25, 0.3) is 0 Å². The summed E-state index contributed by atoms with van der Waals surface area (Å²) in [6.45, 7) is 0. The summed E-state index contributed by atoms with van der Waals surface area (Å²) in [7, 11) is 0. The maximum atomic E-state index is 12.4. The van der Waals surface area contributed by atoms with Gasteiger partial charge in [-0.1, -0.05) is 0 Å². The maximum absolute atomic E-state index is 12.4. The molecule has 0 aromatic carbocycles. The third-order valence-electron chi connectivity index (χ3n) is 2.91. The molecule has 2 nitrogen and oxygen atoms in total. The second-order valence-electron chi connectivity index (χ2n) is 3.96. The second-order valence-corrected chi connectivity index (χ2v) is 3.96. The quantitative estimate of drug-likeness (QED) is 0.609. The van der Waals surface area contributed by atoms with E-state index >= 15 is 0 Å². The standard InChI is InChI=1S/C9H11F3O2/c10-9(11,12)7-3-5-1-2-6(14-5)4-8(7)13/h5-7H,1-4H2. The molecule has 0 N–H and O–H groups in total. The zero-order chi connectivity index (χ0) is 10.3. The molecule has 0 aromatic heterocycles. The van der Waals surface area contributed by atoms with Gasteiger partial charge in [0, 0.05) is 6.42 Å². The molecule has 0 radical (unpaired) electrons. The summed E-state index contributed by atoms with van der Waals surface area (Å²) in [5.41, 5.74) is 0. The molecule has 80 valence electrons. The summed E-state index contributed by atoms with van der Waals surface area (Å²) in [6.07, 6.45) is -3.89. The molecule has 0 aromatic rings. The van der Waals surface area contributed by atoms with Crippen LogP contribution in [-0.4, -0.2) is 24.2 Å². The number of halogens is 3. The number of carbonyl (C=O) groups excluding carboxylic acids is 1. The summed E-state index contributed by atoms with van der Waals surface area (Å²) in [6, 6.07) is 0. The van der Waals surface area contributed by atoms with Gasteiger partial charge in [-0.25, -0.2) is 0 Å². The van der Waals surface area contributed by atoms with Crippen molar-refractivity contribution in [3.8, 4) is 0 Å². The highest BCUT2D eigenvalue weighted by Gasteiger charge is 2.49. The molecule has 2 aliphatic heterocycles. The van der Waals surface area contributed by atoms with Crippen LogP contribution in [0, 0.1) is 5.92 Å². The molecule has 2 heterocycles. The summed E-state index contributed by atoms with van der Waals surface area (Å²) in [5, 5.41) is 0. The van der Waals surface area contributed by atoms with Crippen LogP contribution in [0.15, 0.2) is 0 Å². The van der Waals surface area contributed by atoms with Gasteiger partial charge in [0.15, 0.2) is 0 Å². The van der Waals surface area contributed by atoms with Gasteiger partial charge < -0.3 is 4.74 Å². The molecule has 0 amide bonds. The van der Waals surface area contributed by atoms with E-state index in [1.165, 1.54) is 0 Å². The minimum atomic E-state index is -4.40. The summed E-state index contributed by atoms with van der Waals surface area (Å²) >= 11 is 0. The highest BCUT2D eigenvalue weighted by molar-refractivity contribution is 5.82. The van der Waals surface area contributed by atoms with Crippen LogP contribution < -0.4 is 0 Å². The smallest absolute Gasteiger partial charge is 0.375 e. The first-order chi connectivity index (χ1) is 6.47. The Balaban J connectivity index is 2.15. The van der Waals surface area contributed by atoms with Gasteiger partial charge in [-0.15, -0.1) is 0 Å². The van der Waals surface area contributed by atoms with E-state index in [0.29, 0.717) is 6.42 Å². The number of ether oxygens (including phenoxy) is 1. The molecule has 14 heavy (non-hydrogen) atoms. The summed E-state index contributed by atoms with van der Waals surface area (Å²) in [5.74, 6) is -2.50. The summed E-state index contributed by atoms with van der Waals surface area (Å²) < 4.78 is 42.6. The number of ketones is 1.